The molecule has 2 heterocycles. The highest BCUT2D eigenvalue weighted by atomic mass is 35.5. The molecule has 114 valence electrons. The standard InChI is InChI=1S/C14H24N4O.ClH/c1-4-11-5-7-18(8-6-11)14(19)13(15-2)12-9-16-17(3)10-12;/h9-11,13,15H,4-8H2,1-3H3;1H. The lowest BCUT2D eigenvalue weighted by atomic mass is 9.94. The van der Waals surface area contributed by atoms with E-state index in [0.29, 0.717) is 0 Å². The number of likely N-dealkylation sites (N-methyl/N-ethyl adjacent to an activating group) is 1. The minimum Gasteiger partial charge on any atom is -0.341 e. The molecule has 1 aliphatic rings. The van der Waals surface area contributed by atoms with Gasteiger partial charge >= 0.3 is 0 Å². The summed E-state index contributed by atoms with van der Waals surface area (Å²) in [7, 11) is 3.70. The van der Waals surface area contributed by atoms with Crippen molar-refractivity contribution in [3.05, 3.63) is 18.0 Å². The summed E-state index contributed by atoms with van der Waals surface area (Å²) in [5, 5.41) is 7.25. The minimum atomic E-state index is -0.271. The van der Waals surface area contributed by atoms with Crippen molar-refractivity contribution in [3.8, 4) is 0 Å². The van der Waals surface area contributed by atoms with Gasteiger partial charge in [-0.1, -0.05) is 13.3 Å². The normalized spacial score (nSPS) is 17.6. The molecule has 0 saturated carbocycles. The first kappa shape index (κ1) is 17.0. The number of hydrogen-bond acceptors (Lipinski definition) is 3. The van der Waals surface area contributed by atoms with Gasteiger partial charge in [0.25, 0.3) is 0 Å². The molecule has 5 nitrogen and oxygen atoms in total. The number of carbonyl (C=O) groups is 1. The molecule has 1 aromatic heterocycles. The first-order chi connectivity index (χ1) is 9.15. The maximum Gasteiger partial charge on any atom is 0.244 e. The Balaban J connectivity index is 0.00000200. The number of piperidine rings is 1. The number of rotatable bonds is 4. The Hall–Kier alpha value is -1.07. The van der Waals surface area contributed by atoms with Crippen molar-refractivity contribution in [2.75, 3.05) is 20.1 Å². The van der Waals surface area contributed by atoms with Gasteiger partial charge in [-0.15, -0.1) is 12.4 Å². The van der Waals surface area contributed by atoms with Crippen molar-refractivity contribution >= 4 is 18.3 Å². The van der Waals surface area contributed by atoms with E-state index in [4.69, 9.17) is 0 Å². The zero-order chi connectivity index (χ0) is 13.8. The van der Waals surface area contributed by atoms with Crippen LogP contribution in [0.15, 0.2) is 12.4 Å². The molecule has 0 bridgehead atoms. The molecule has 1 N–H and O–H groups in total. The SMILES string of the molecule is CCC1CCN(C(=O)C(NC)c2cnn(C)c2)CC1.Cl. The van der Waals surface area contributed by atoms with E-state index in [1.807, 2.05) is 25.2 Å². The van der Waals surface area contributed by atoms with Crippen molar-refractivity contribution in [3.63, 3.8) is 0 Å². The summed E-state index contributed by atoms with van der Waals surface area (Å²) < 4.78 is 1.73. The number of aromatic nitrogens is 2. The summed E-state index contributed by atoms with van der Waals surface area (Å²) in [6, 6.07) is -0.271. The molecule has 1 saturated heterocycles. The second kappa shape index (κ2) is 7.64. The van der Waals surface area contributed by atoms with E-state index in [0.717, 1.165) is 37.4 Å². The molecule has 0 radical (unpaired) electrons. The first-order valence-electron chi connectivity index (χ1n) is 7.10. The average molecular weight is 301 g/mol. The van der Waals surface area contributed by atoms with Gasteiger partial charge in [0.15, 0.2) is 0 Å². The van der Waals surface area contributed by atoms with Gasteiger partial charge in [0, 0.05) is 31.9 Å². The molecule has 2 rings (SSSR count). The number of hydrogen-bond donors (Lipinski definition) is 1. The molecule has 1 amide bonds. The second-order valence-corrected chi connectivity index (χ2v) is 5.35. The predicted octanol–water partition coefficient (Wildman–Crippen LogP) is 1.75. The van der Waals surface area contributed by atoms with Crippen LogP contribution in [0.1, 0.15) is 37.8 Å². The van der Waals surface area contributed by atoms with Crippen molar-refractivity contribution < 1.29 is 4.79 Å². The van der Waals surface area contributed by atoms with Crippen LogP contribution in [0.25, 0.3) is 0 Å². The van der Waals surface area contributed by atoms with Crippen molar-refractivity contribution in [2.24, 2.45) is 13.0 Å². The maximum absolute atomic E-state index is 12.6. The summed E-state index contributed by atoms with van der Waals surface area (Å²) in [6.07, 6.45) is 7.15. The van der Waals surface area contributed by atoms with Crippen molar-refractivity contribution in [1.29, 1.82) is 0 Å². The third-order valence-corrected chi connectivity index (χ3v) is 4.10. The number of likely N-dealkylation sites (tertiary alicyclic amines) is 1. The molecule has 1 atom stereocenters. The number of amides is 1. The number of nitrogens with one attached hydrogen (secondary N) is 1. The molecule has 1 unspecified atom stereocenters. The van der Waals surface area contributed by atoms with Crippen LogP contribution in [0, 0.1) is 5.92 Å². The van der Waals surface area contributed by atoms with Crippen LogP contribution in [0.3, 0.4) is 0 Å². The van der Waals surface area contributed by atoms with Crippen molar-refractivity contribution in [2.45, 2.75) is 32.2 Å². The minimum absolute atomic E-state index is 0. The molecule has 1 fully saturated rings. The molecular formula is C14H25ClN4O. The zero-order valence-corrected chi connectivity index (χ0v) is 13.3. The highest BCUT2D eigenvalue weighted by Gasteiger charge is 2.28. The van der Waals surface area contributed by atoms with E-state index >= 15 is 0 Å². The Labute approximate surface area is 127 Å². The summed E-state index contributed by atoms with van der Waals surface area (Å²) >= 11 is 0. The third kappa shape index (κ3) is 3.73. The van der Waals surface area contributed by atoms with E-state index in [9.17, 15) is 4.79 Å². The van der Waals surface area contributed by atoms with Crippen LogP contribution in [-0.2, 0) is 11.8 Å². The zero-order valence-electron chi connectivity index (χ0n) is 12.5. The third-order valence-electron chi connectivity index (χ3n) is 4.10. The molecule has 1 aromatic rings. The van der Waals surface area contributed by atoms with E-state index in [1.165, 1.54) is 6.42 Å². The van der Waals surface area contributed by atoms with Gasteiger partial charge in [-0.3, -0.25) is 9.48 Å². The number of carbonyl (C=O) groups excluding carboxylic acids is 1. The van der Waals surface area contributed by atoms with Gasteiger partial charge in [0.2, 0.25) is 5.91 Å². The largest absolute Gasteiger partial charge is 0.341 e. The summed E-state index contributed by atoms with van der Waals surface area (Å²) in [5.74, 6) is 0.959. The molecule has 0 aromatic carbocycles. The fourth-order valence-corrected chi connectivity index (χ4v) is 2.77. The smallest absolute Gasteiger partial charge is 0.244 e. The number of nitrogens with zero attached hydrogens (tertiary/aromatic N) is 3. The summed E-state index contributed by atoms with van der Waals surface area (Å²) in [6.45, 7) is 4.00. The van der Waals surface area contributed by atoms with Crippen molar-refractivity contribution in [1.82, 2.24) is 20.0 Å². The highest BCUT2D eigenvalue weighted by Crippen LogP contribution is 2.23. The topological polar surface area (TPSA) is 50.2 Å². The predicted molar refractivity (Wildman–Crippen MR) is 81.9 cm³/mol. The Morgan fingerprint density at radius 3 is 2.60 bits per heavy atom. The fourth-order valence-electron chi connectivity index (χ4n) is 2.77. The molecule has 20 heavy (non-hydrogen) atoms. The van der Waals surface area contributed by atoms with E-state index in [2.05, 4.69) is 17.3 Å². The first-order valence-corrected chi connectivity index (χ1v) is 7.10. The van der Waals surface area contributed by atoms with Crippen LogP contribution in [-0.4, -0.2) is 40.7 Å². The number of aryl methyl sites for hydroxylation is 1. The van der Waals surface area contributed by atoms with E-state index in [1.54, 1.807) is 10.9 Å². The molecule has 1 aliphatic heterocycles. The Morgan fingerprint density at radius 2 is 2.15 bits per heavy atom. The highest BCUT2D eigenvalue weighted by molar-refractivity contribution is 5.85. The molecular weight excluding hydrogens is 276 g/mol. The lowest BCUT2D eigenvalue weighted by Crippen LogP contribution is -2.44. The van der Waals surface area contributed by atoms with Gasteiger partial charge in [0.05, 0.1) is 6.20 Å². The quantitative estimate of drug-likeness (QED) is 0.922. The summed E-state index contributed by atoms with van der Waals surface area (Å²) in [4.78, 5) is 14.5. The van der Waals surface area contributed by atoms with Crippen LogP contribution in [0.4, 0.5) is 0 Å². The van der Waals surface area contributed by atoms with Crippen LogP contribution in [0.5, 0.6) is 0 Å². The van der Waals surface area contributed by atoms with Gasteiger partial charge in [-0.2, -0.15) is 5.10 Å². The van der Waals surface area contributed by atoms with Gasteiger partial charge < -0.3 is 10.2 Å². The monoisotopic (exact) mass is 300 g/mol. The Kier molecular flexibility index (Phi) is 6.49. The lowest BCUT2D eigenvalue weighted by Gasteiger charge is -2.33. The summed E-state index contributed by atoms with van der Waals surface area (Å²) in [5.41, 5.74) is 0.938. The maximum atomic E-state index is 12.6. The molecule has 6 heteroatoms. The average Bonchev–Trinajstić information content (AvgIpc) is 2.86. The van der Waals surface area contributed by atoms with E-state index in [-0.39, 0.29) is 24.4 Å². The molecule has 0 spiro atoms. The van der Waals surface area contributed by atoms with Crippen LogP contribution < -0.4 is 5.32 Å². The fraction of sp³-hybridized carbons (Fsp3) is 0.714. The van der Waals surface area contributed by atoms with Gasteiger partial charge in [-0.05, 0) is 25.8 Å². The lowest BCUT2D eigenvalue weighted by molar-refractivity contribution is -0.134. The Morgan fingerprint density at radius 1 is 1.50 bits per heavy atom. The van der Waals surface area contributed by atoms with Gasteiger partial charge in [-0.25, -0.2) is 0 Å². The van der Waals surface area contributed by atoms with Crippen LogP contribution >= 0.6 is 12.4 Å². The van der Waals surface area contributed by atoms with Crippen LogP contribution in [0.2, 0.25) is 0 Å². The van der Waals surface area contributed by atoms with E-state index < -0.39 is 0 Å². The second-order valence-electron chi connectivity index (χ2n) is 5.35. The number of halogens is 1. The van der Waals surface area contributed by atoms with Gasteiger partial charge in [0.1, 0.15) is 6.04 Å². The Bertz CT molecular complexity index is 427. The molecule has 0 aliphatic carbocycles.